The number of hydrogen-bond acceptors (Lipinski definition) is 3. The smallest absolute Gasteiger partial charge is 0.263 e. The van der Waals surface area contributed by atoms with Crippen molar-refractivity contribution in [3.05, 3.63) is 51.5 Å². The average molecular weight is 376 g/mol. The number of sulfonamides is 1. The molecule has 0 saturated heterocycles. The fraction of sp³-hybridized carbons (Fsp3) is 0.0769. The van der Waals surface area contributed by atoms with Crippen molar-refractivity contribution < 1.29 is 8.42 Å². The first-order valence-corrected chi connectivity index (χ1v) is 8.29. The van der Waals surface area contributed by atoms with E-state index < -0.39 is 10.0 Å². The number of nitrogens with two attached hydrogens (primary N) is 1. The summed E-state index contributed by atoms with van der Waals surface area (Å²) in [6, 6.07) is 9.66. The van der Waals surface area contributed by atoms with E-state index in [4.69, 9.17) is 17.3 Å². The Balaban J connectivity index is 2.46. The summed E-state index contributed by atoms with van der Waals surface area (Å²) in [5.41, 5.74) is 7.11. The first kappa shape index (κ1) is 15.2. The summed E-state index contributed by atoms with van der Waals surface area (Å²) in [7, 11) is -3.77. The summed E-state index contributed by atoms with van der Waals surface area (Å²) in [6.07, 6.45) is 0. The first-order chi connectivity index (χ1) is 9.29. The molecule has 0 atom stereocenters. The van der Waals surface area contributed by atoms with Crippen LogP contribution in [0.25, 0.3) is 0 Å². The van der Waals surface area contributed by atoms with Crippen LogP contribution in [0.2, 0.25) is 5.02 Å². The molecule has 0 aromatic heterocycles. The van der Waals surface area contributed by atoms with E-state index in [1.807, 2.05) is 0 Å². The lowest BCUT2D eigenvalue weighted by atomic mass is 10.2. The van der Waals surface area contributed by atoms with Crippen molar-refractivity contribution in [3.8, 4) is 0 Å². The molecule has 7 heteroatoms. The van der Waals surface area contributed by atoms with Crippen LogP contribution in [-0.2, 0) is 10.0 Å². The van der Waals surface area contributed by atoms with Gasteiger partial charge in [0.2, 0.25) is 0 Å². The van der Waals surface area contributed by atoms with Crippen LogP contribution < -0.4 is 10.5 Å². The van der Waals surface area contributed by atoms with Gasteiger partial charge in [0.1, 0.15) is 4.90 Å². The van der Waals surface area contributed by atoms with Crippen LogP contribution in [0.3, 0.4) is 0 Å². The minimum absolute atomic E-state index is 0.0197. The third kappa shape index (κ3) is 3.26. The molecule has 0 spiro atoms. The Labute approximate surface area is 131 Å². The van der Waals surface area contributed by atoms with Gasteiger partial charge in [-0.3, -0.25) is 4.72 Å². The number of anilines is 2. The summed E-state index contributed by atoms with van der Waals surface area (Å²) in [5.74, 6) is 0. The molecule has 106 valence electrons. The van der Waals surface area contributed by atoms with Gasteiger partial charge in [0, 0.05) is 9.50 Å². The van der Waals surface area contributed by atoms with Gasteiger partial charge in [0.05, 0.1) is 11.4 Å². The van der Waals surface area contributed by atoms with Crippen LogP contribution in [0.1, 0.15) is 5.56 Å². The number of benzene rings is 2. The van der Waals surface area contributed by atoms with Crippen molar-refractivity contribution in [1.82, 2.24) is 0 Å². The Bertz CT molecular complexity index is 763. The van der Waals surface area contributed by atoms with Crippen LogP contribution in [0, 0.1) is 6.92 Å². The van der Waals surface area contributed by atoms with Gasteiger partial charge < -0.3 is 5.73 Å². The van der Waals surface area contributed by atoms with E-state index in [0.717, 1.165) is 5.56 Å². The predicted octanol–water partition coefficient (Wildman–Crippen LogP) is 3.79. The van der Waals surface area contributed by atoms with Crippen LogP contribution in [0.5, 0.6) is 0 Å². The Kier molecular flexibility index (Phi) is 4.27. The number of hydrogen-bond donors (Lipinski definition) is 2. The van der Waals surface area contributed by atoms with Crippen LogP contribution in [0.15, 0.2) is 45.8 Å². The molecule has 0 fully saturated rings. The fourth-order valence-corrected chi connectivity index (χ4v) is 3.61. The number of rotatable bonds is 3. The maximum absolute atomic E-state index is 12.4. The highest BCUT2D eigenvalue weighted by atomic mass is 79.9. The van der Waals surface area contributed by atoms with Crippen molar-refractivity contribution >= 4 is 48.9 Å². The lowest BCUT2D eigenvalue weighted by molar-refractivity contribution is 0.601. The Morgan fingerprint density at radius 1 is 1.20 bits per heavy atom. The van der Waals surface area contributed by atoms with E-state index in [0.29, 0.717) is 15.2 Å². The zero-order valence-corrected chi connectivity index (χ0v) is 13.7. The molecule has 2 rings (SSSR count). The normalized spacial score (nSPS) is 11.3. The van der Waals surface area contributed by atoms with Crippen molar-refractivity contribution in [3.63, 3.8) is 0 Å². The van der Waals surface area contributed by atoms with Crippen molar-refractivity contribution in [1.29, 1.82) is 0 Å². The zero-order chi connectivity index (χ0) is 14.9. The second kappa shape index (κ2) is 5.63. The van der Waals surface area contributed by atoms with Crippen molar-refractivity contribution in [2.24, 2.45) is 0 Å². The van der Waals surface area contributed by atoms with Gasteiger partial charge in [-0.1, -0.05) is 33.6 Å². The molecule has 0 unspecified atom stereocenters. The molecule has 0 heterocycles. The van der Waals surface area contributed by atoms with Gasteiger partial charge in [0.15, 0.2) is 0 Å². The maximum Gasteiger partial charge on any atom is 0.263 e. The third-order valence-electron chi connectivity index (χ3n) is 2.71. The standard InChI is InChI=1S/C13H12BrClN2O2S/c1-8-2-4-10(15)7-12(8)17-20(18,19)13-6-9(14)3-5-11(13)16/h2-7,17H,16H2,1H3. The molecule has 0 aliphatic rings. The molecule has 0 bridgehead atoms. The number of nitrogen functional groups attached to an aromatic ring is 1. The van der Waals surface area contributed by atoms with Crippen LogP contribution in [0.4, 0.5) is 11.4 Å². The second-order valence-corrected chi connectivity index (χ2v) is 7.25. The molecule has 0 radical (unpaired) electrons. The van der Waals surface area contributed by atoms with E-state index in [9.17, 15) is 8.42 Å². The summed E-state index contributed by atoms with van der Waals surface area (Å²) >= 11 is 9.11. The largest absolute Gasteiger partial charge is 0.398 e. The molecule has 0 saturated carbocycles. The SMILES string of the molecule is Cc1ccc(Cl)cc1NS(=O)(=O)c1cc(Br)ccc1N. The van der Waals surface area contributed by atoms with Gasteiger partial charge in [-0.2, -0.15) is 0 Å². The molecular formula is C13H12BrClN2O2S. The third-order valence-corrected chi connectivity index (χ3v) is 4.86. The van der Waals surface area contributed by atoms with Gasteiger partial charge in [0.25, 0.3) is 10.0 Å². The quantitative estimate of drug-likeness (QED) is 0.802. The summed E-state index contributed by atoms with van der Waals surface area (Å²) in [5, 5.41) is 0.454. The number of nitrogens with one attached hydrogen (secondary N) is 1. The molecular weight excluding hydrogens is 364 g/mol. The molecule has 4 nitrogen and oxygen atoms in total. The number of halogens is 2. The number of aryl methyl sites for hydroxylation is 1. The van der Waals surface area contributed by atoms with E-state index >= 15 is 0 Å². The lowest BCUT2D eigenvalue weighted by Gasteiger charge is -2.12. The highest BCUT2D eigenvalue weighted by Gasteiger charge is 2.19. The van der Waals surface area contributed by atoms with Crippen molar-refractivity contribution in [2.75, 3.05) is 10.5 Å². The topological polar surface area (TPSA) is 72.2 Å². The van der Waals surface area contributed by atoms with Crippen LogP contribution >= 0.6 is 27.5 Å². The highest BCUT2D eigenvalue weighted by Crippen LogP contribution is 2.27. The minimum atomic E-state index is -3.77. The fourth-order valence-electron chi connectivity index (χ4n) is 1.64. The van der Waals surface area contributed by atoms with Gasteiger partial charge >= 0.3 is 0 Å². The van der Waals surface area contributed by atoms with E-state index in [-0.39, 0.29) is 10.6 Å². The zero-order valence-electron chi connectivity index (χ0n) is 10.5. The summed E-state index contributed by atoms with van der Waals surface area (Å²) in [6.45, 7) is 1.79. The van der Waals surface area contributed by atoms with Crippen molar-refractivity contribution in [2.45, 2.75) is 11.8 Å². The molecule has 2 aromatic rings. The van der Waals surface area contributed by atoms with E-state index in [2.05, 4.69) is 20.7 Å². The summed E-state index contributed by atoms with van der Waals surface area (Å²) < 4.78 is 27.9. The monoisotopic (exact) mass is 374 g/mol. The minimum Gasteiger partial charge on any atom is -0.398 e. The van der Waals surface area contributed by atoms with Gasteiger partial charge in [-0.05, 0) is 42.8 Å². The van der Waals surface area contributed by atoms with E-state index in [1.54, 1.807) is 31.2 Å². The van der Waals surface area contributed by atoms with Gasteiger partial charge in [-0.25, -0.2) is 8.42 Å². The maximum atomic E-state index is 12.4. The highest BCUT2D eigenvalue weighted by molar-refractivity contribution is 9.10. The van der Waals surface area contributed by atoms with Gasteiger partial charge in [-0.15, -0.1) is 0 Å². The Hall–Kier alpha value is -1.24. The Morgan fingerprint density at radius 2 is 1.90 bits per heavy atom. The molecule has 3 N–H and O–H groups in total. The van der Waals surface area contributed by atoms with Crippen LogP contribution in [-0.4, -0.2) is 8.42 Å². The summed E-state index contributed by atoms with van der Waals surface area (Å²) in [4.78, 5) is 0.0197. The molecule has 20 heavy (non-hydrogen) atoms. The average Bonchev–Trinajstić information content (AvgIpc) is 2.36. The Morgan fingerprint density at radius 3 is 2.60 bits per heavy atom. The van der Waals surface area contributed by atoms with E-state index in [1.165, 1.54) is 12.1 Å². The molecule has 0 amide bonds. The first-order valence-electron chi connectivity index (χ1n) is 5.63. The lowest BCUT2D eigenvalue weighted by Crippen LogP contribution is -2.15. The predicted molar refractivity (Wildman–Crippen MR) is 85.6 cm³/mol. The molecule has 0 aliphatic carbocycles. The second-order valence-electron chi connectivity index (χ2n) is 4.25. The molecule has 0 aliphatic heterocycles. The molecule has 2 aromatic carbocycles.